The summed E-state index contributed by atoms with van der Waals surface area (Å²) < 4.78 is 16.1. The molecule has 2 N–H and O–H groups in total. The van der Waals surface area contributed by atoms with E-state index < -0.39 is 12.1 Å². The van der Waals surface area contributed by atoms with Gasteiger partial charge in [0.05, 0.1) is 19.8 Å². The van der Waals surface area contributed by atoms with E-state index in [1.54, 1.807) is 43.5 Å². The second-order valence-electron chi connectivity index (χ2n) is 7.40. The van der Waals surface area contributed by atoms with E-state index >= 15 is 0 Å². The van der Waals surface area contributed by atoms with Crippen molar-refractivity contribution in [2.45, 2.75) is 12.6 Å². The predicted molar refractivity (Wildman–Crippen MR) is 129 cm³/mol. The summed E-state index contributed by atoms with van der Waals surface area (Å²) in [6.45, 7) is 1.18. The topological polar surface area (TPSA) is 77.0 Å². The van der Waals surface area contributed by atoms with Crippen LogP contribution in [0.4, 0.5) is 0 Å². The molecule has 3 rings (SSSR count). The van der Waals surface area contributed by atoms with Gasteiger partial charge in [-0.1, -0.05) is 60.7 Å². The number of aliphatic hydroxyl groups is 1. The van der Waals surface area contributed by atoms with Gasteiger partial charge in [0.1, 0.15) is 24.2 Å². The van der Waals surface area contributed by atoms with Crippen LogP contribution >= 0.6 is 0 Å². The van der Waals surface area contributed by atoms with Crippen LogP contribution in [0.1, 0.15) is 16.7 Å². The van der Waals surface area contributed by atoms with Gasteiger partial charge in [0.25, 0.3) is 0 Å². The van der Waals surface area contributed by atoms with E-state index in [0.29, 0.717) is 41.3 Å². The average Bonchev–Trinajstić information content (AvgIpc) is 2.87. The lowest BCUT2D eigenvalue weighted by Gasteiger charge is -2.15. The zero-order valence-electron chi connectivity index (χ0n) is 18.9. The van der Waals surface area contributed by atoms with Crippen molar-refractivity contribution < 1.29 is 24.1 Å². The van der Waals surface area contributed by atoms with Crippen LogP contribution in [0.3, 0.4) is 0 Å². The van der Waals surface area contributed by atoms with Gasteiger partial charge < -0.3 is 24.6 Å². The molecule has 0 saturated heterocycles. The SMILES string of the molecule is COC(=O)/C(=C/c1ccccc1OCC(O)CNCc1ccccc1)c1ccc(OC)cc1. The van der Waals surface area contributed by atoms with Crippen molar-refractivity contribution in [3.05, 3.63) is 95.6 Å². The third kappa shape index (κ3) is 7.20. The van der Waals surface area contributed by atoms with Crippen LogP contribution in [0.5, 0.6) is 11.5 Å². The maximum atomic E-state index is 12.5. The van der Waals surface area contributed by atoms with Gasteiger partial charge in [0, 0.05) is 18.7 Å². The Bertz CT molecular complexity index is 1050. The van der Waals surface area contributed by atoms with Crippen LogP contribution < -0.4 is 14.8 Å². The van der Waals surface area contributed by atoms with Crippen molar-refractivity contribution in [1.29, 1.82) is 0 Å². The molecule has 0 spiro atoms. The lowest BCUT2D eigenvalue weighted by molar-refractivity contribution is -0.133. The first-order valence-corrected chi connectivity index (χ1v) is 10.7. The minimum atomic E-state index is -0.688. The molecule has 0 aliphatic rings. The summed E-state index contributed by atoms with van der Waals surface area (Å²) in [5.74, 6) is 0.802. The Morgan fingerprint density at radius 3 is 2.36 bits per heavy atom. The molecular formula is C27H29NO5. The second kappa shape index (κ2) is 12.4. The first-order chi connectivity index (χ1) is 16.1. The zero-order valence-corrected chi connectivity index (χ0v) is 18.9. The van der Waals surface area contributed by atoms with Crippen molar-refractivity contribution in [2.24, 2.45) is 0 Å². The van der Waals surface area contributed by atoms with E-state index in [2.05, 4.69) is 5.32 Å². The second-order valence-corrected chi connectivity index (χ2v) is 7.40. The fourth-order valence-corrected chi connectivity index (χ4v) is 3.25. The van der Waals surface area contributed by atoms with E-state index in [1.165, 1.54) is 7.11 Å². The molecule has 172 valence electrons. The molecule has 6 heteroatoms. The van der Waals surface area contributed by atoms with Crippen molar-refractivity contribution in [3.8, 4) is 11.5 Å². The summed E-state index contributed by atoms with van der Waals surface area (Å²) in [4.78, 5) is 12.5. The summed E-state index contributed by atoms with van der Waals surface area (Å²) in [6.07, 6.45) is 1.04. The third-order valence-electron chi connectivity index (χ3n) is 5.01. The number of methoxy groups -OCH3 is 2. The Morgan fingerprint density at radius 2 is 1.67 bits per heavy atom. The summed E-state index contributed by atoms with van der Waals surface area (Å²) in [5, 5.41) is 13.6. The first kappa shape index (κ1) is 24.0. The highest BCUT2D eigenvalue weighted by Gasteiger charge is 2.15. The highest BCUT2D eigenvalue weighted by atomic mass is 16.5. The number of aliphatic hydroxyl groups excluding tert-OH is 1. The third-order valence-corrected chi connectivity index (χ3v) is 5.01. The van der Waals surface area contributed by atoms with Gasteiger partial charge in [-0.3, -0.25) is 0 Å². The monoisotopic (exact) mass is 447 g/mol. The van der Waals surface area contributed by atoms with Crippen molar-refractivity contribution in [2.75, 3.05) is 27.4 Å². The highest BCUT2D eigenvalue weighted by molar-refractivity contribution is 6.21. The maximum Gasteiger partial charge on any atom is 0.338 e. The molecule has 33 heavy (non-hydrogen) atoms. The lowest BCUT2D eigenvalue weighted by Crippen LogP contribution is -2.31. The summed E-state index contributed by atoms with van der Waals surface area (Å²) in [7, 11) is 2.94. The summed E-state index contributed by atoms with van der Waals surface area (Å²) in [5.41, 5.74) is 2.94. The molecule has 0 saturated carbocycles. The summed E-state index contributed by atoms with van der Waals surface area (Å²) in [6, 6.07) is 24.5. The number of rotatable bonds is 11. The number of para-hydroxylation sites is 1. The van der Waals surface area contributed by atoms with E-state index in [-0.39, 0.29) is 6.61 Å². The molecule has 0 aliphatic carbocycles. The molecular weight excluding hydrogens is 418 g/mol. The molecule has 6 nitrogen and oxygen atoms in total. The lowest BCUT2D eigenvalue weighted by atomic mass is 10.0. The van der Waals surface area contributed by atoms with Gasteiger partial charge in [-0.15, -0.1) is 0 Å². The van der Waals surface area contributed by atoms with E-state index in [0.717, 1.165) is 5.56 Å². The molecule has 0 radical (unpaired) electrons. The van der Waals surface area contributed by atoms with E-state index in [4.69, 9.17) is 14.2 Å². The fraction of sp³-hybridized carbons (Fsp3) is 0.222. The van der Waals surface area contributed by atoms with Gasteiger partial charge in [-0.25, -0.2) is 4.79 Å². The number of carbonyl (C=O) groups excluding carboxylic acids is 1. The molecule has 1 unspecified atom stereocenters. The molecule has 0 amide bonds. The normalized spacial score (nSPS) is 12.2. The summed E-state index contributed by atoms with van der Waals surface area (Å²) >= 11 is 0. The van der Waals surface area contributed by atoms with Crippen LogP contribution in [0.25, 0.3) is 11.6 Å². The van der Waals surface area contributed by atoms with Crippen LogP contribution in [0, 0.1) is 0 Å². The molecule has 3 aromatic rings. The number of benzene rings is 3. The Labute approximate surface area is 194 Å². The van der Waals surface area contributed by atoms with Gasteiger partial charge in [-0.05, 0) is 35.4 Å². The van der Waals surface area contributed by atoms with Crippen LogP contribution in [-0.4, -0.2) is 44.6 Å². The first-order valence-electron chi connectivity index (χ1n) is 10.7. The Kier molecular flexibility index (Phi) is 9.06. The Hall–Kier alpha value is -3.61. The largest absolute Gasteiger partial charge is 0.497 e. The van der Waals surface area contributed by atoms with E-state index in [1.807, 2.05) is 48.5 Å². The standard InChI is InChI=1S/C27H29NO5/c1-31-24-14-12-21(13-15-24)25(27(30)32-2)16-22-10-6-7-11-26(22)33-19-23(29)18-28-17-20-8-4-3-5-9-20/h3-16,23,28-29H,17-19H2,1-2H3/b25-16+. The van der Waals surface area contributed by atoms with E-state index in [9.17, 15) is 9.90 Å². The fourth-order valence-electron chi connectivity index (χ4n) is 3.25. The minimum absolute atomic E-state index is 0.114. The zero-order chi connectivity index (χ0) is 23.5. The number of hydrogen-bond acceptors (Lipinski definition) is 6. The van der Waals surface area contributed by atoms with Crippen molar-refractivity contribution in [3.63, 3.8) is 0 Å². The molecule has 0 fully saturated rings. The highest BCUT2D eigenvalue weighted by Crippen LogP contribution is 2.27. The Morgan fingerprint density at radius 1 is 0.970 bits per heavy atom. The quantitative estimate of drug-likeness (QED) is 0.263. The average molecular weight is 448 g/mol. The number of nitrogens with one attached hydrogen (secondary N) is 1. The number of hydrogen-bond donors (Lipinski definition) is 2. The van der Waals surface area contributed by atoms with Gasteiger partial charge in [0.15, 0.2) is 0 Å². The smallest absolute Gasteiger partial charge is 0.338 e. The number of carbonyl (C=O) groups is 1. The molecule has 1 atom stereocenters. The molecule has 0 aromatic heterocycles. The molecule has 0 heterocycles. The number of ether oxygens (including phenoxy) is 3. The molecule has 0 bridgehead atoms. The molecule has 0 aliphatic heterocycles. The minimum Gasteiger partial charge on any atom is -0.497 e. The van der Waals surface area contributed by atoms with Gasteiger partial charge >= 0.3 is 5.97 Å². The predicted octanol–water partition coefficient (Wildman–Crippen LogP) is 3.94. The van der Waals surface area contributed by atoms with Crippen molar-refractivity contribution in [1.82, 2.24) is 5.32 Å². The molecule has 3 aromatic carbocycles. The van der Waals surface area contributed by atoms with Crippen LogP contribution in [0.2, 0.25) is 0 Å². The number of esters is 1. The van der Waals surface area contributed by atoms with Crippen molar-refractivity contribution >= 4 is 17.6 Å². The van der Waals surface area contributed by atoms with Crippen LogP contribution in [0.15, 0.2) is 78.9 Å². The van der Waals surface area contributed by atoms with Crippen LogP contribution in [-0.2, 0) is 16.1 Å². The Balaban J connectivity index is 1.68. The maximum absolute atomic E-state index is 12.5. The van der Waals surface area contributed by atoms with Gasteiger partial charge in [0.2, 0.25) is 0 Å². The van der Waals surface area contributed by atoms with Gasteiger partial charge in [-0.2, -0.15) is 0 Å².